The van der Waals surface area contributed by atoms with Gasteiger partial charge in [-0.1, -0.05) is 11.6 Å². The van der Waals surface area contributed by atoms with Crippen molar-refractivity contribution in [2.24, 2.45) is 0 Å². The first-order valence-electron chi connectivity index (χ1n) is 11.0. The first-order chi connectivity index (χ1) is 17.1. The number of hydrogen-bond donors (Lipinski definition) is 2. The molecule has 1 aromatic carbocycles. The zero-order valence-corrected chi connectivity index (χ0v) is 20.7. The number of aryl methyl sites for hydroxylation is 1. The van der Waals surface area contributed by atoms with Gasteiger partial charge in [-0.15, -0.1) is 0 Å². The normalized spacial score (nSPS) is 20.2. The van der Waals surface area contributed by atoms with Gasteiger partial charge < -0.3 is 20.0 Å². The van der Waals surface area contributed by atoms with Crippen LogP contribution in [-0.2, 0) is 15.8 Å². The number of amides is 2. The second-order valence-corrected chi connectivity index (χ2v) is 9.21. The Hall–Kier alpha value is -2.87. The highest BCUT2D eigenvalue weighted by Gasteiger charge is 2.53. The molecule has 1 aromatic heterocycles. The van der Waals surface area contributed by atoms with Crippen molar-refractivity contribution in [3.8, 4) is 0 Å². The van der Waals surface area contributed by atoms with Crippen LogP contribution in [0.15, 0.2) is 24.3 Å². The molecule has 2 aromatic rings. The summed E-state index contributed by atoms with van der Waals surface area (Å²) in [5.74, 6) is -5.34. The lowest BCUT2D eigenvalue weighted by Gasteiger charge is -2.31. The minimum Gasteiger partial charge on any atom is -0.387 e. The topological polar surface area (TPSA) is 97.2 Å². The molecule has 3 rings (SSSR count). The van der Waals surface area contributed by atoms with Crippen molar-refractivity contribution in [3.63, 3.8) is 0 Å². The van der Waals surface area contributed by atoms with Crippen LogP contribution in [0.3, 0.4) is 0 Å². The Kier molecular flexibility index (Phi) is 8.42. The van der Waals surface area contributed by atoms with E-state index in [9.17, 15) is 41.8 Å². The molecule has 202 valence electrons. The van der Waals surface area contributed by atoms with Crippen molar-refractivity contribution < 1.29 is 41.8 Å². The number of hydrogen-bond acceptors (Lipinski definition) is 6. The number of alkyl halides is 3. The number of aliphatic hydroxyl groups excluding tert-OH is 2. The van der Waals surface area contributed by atoms with E-state index in [0.29, 0.717) is 23.6 Å². The average Bonchev–Trinajstić information content (AvgIpc) is 3.02. The molecule has 8 nitrogen and oxygen atoms in total. The molecule has 1 aliphatic heterocycles. The maximum Gasteiger partial charge on any atom is 0.416 e. The maximum atomic E-state index is 14.8. The molecule has 0 unspecified atom stereocenters. The summed E-state index contributed by atoms with van der Waals surface area (Å²) in [6.07, 6.45) is -8.84. The molecule has 2 N–H and O–H groups in total. The minimum atomic E-state index is -4.83. The van der Waals surface area contributed by atoms with Crippen LogP contribution in [0.5, 0.6) is 0 Å². The van der Waals surface area contributed by atoms with Crippen molar-refractivity contribution in [3.05, 3.63) is 52.2 Å². The molecule has 0 spiro atoms. The lowest BCUT2D eigenvalue weighted by Crippen LogP contribution is -2.52. The van der Waals surface area contributed by atoms with Crippen LogP contribution < -0.4 is 9.80 Å². The van der Waals surface area contributed by atoms with Crippen molar-refractivity contribution in [1.82, 2.24) is 9.88 Å². The number of aliphatic hydroxyl groups is 2. The summed E-state index contributed by atoms with van der Waals surface area (Å²) in [4.78, 5) is 33.4. The standard InChI is InChI=1S/C23H24ClF5N4O4/c1-11-7-12(23(27,28)29)8-17(30-11)33-18(19(34)20(35)22(33)37)21(36)32(6-4-5-31(2)3)16-9-13(24)14(25)10-15(16)26/h7-10,18-20,34-35H,4-6H2,1-3H3/t18-,19-,20-/m0/s1. The summed E-state index contributed by atoms with van der Waals surface area (Å²) in [6.45, 7) is 1.44. The first kappa shape index (κ1) is 28.7. The van der Waals surface area contributed by atoms with Crippen LogP contribution in [0.1, 0.15) is 17.7 Å². The van der Waals surface area contributed by atoms with Gasteiger partial charge in [-0.3, -0.25) is 14.5 Å². The summed E-state index contributed by atoms with van der Waals surface area (Å²) >= 11 is 5.80. The fourth-order valence-electron chi connectivity index (χ4n) is 3.97. The fourth-order valence-corrected chi connectivity index (χ4v) is 4.13. The predicted octanol–water partition coefficient (Wildman–Crippen LogP) is 2.76. The fraction of sp³-hybridized carbons (Fsp3) is 0.435. The lowest BCUT2D eigenvalue weighted by molar-refractivity contribution is -0.137. The van der Waals surface area contributed by atoms with Gasteiger partial charge in [0.25, 0.3) is 11.8 Å². The SMILES string of the molecule is Cc1cc(C(F)(F)F)cc(N2C(=O)[C@@H](O)[C@@H](O)[C@H]2C(=O)N(CCCN(C)C)c2cc(Cl)c(F)cc2F)n1. The van der Waals surface area contributed by atoms with E-state index >= 15 is 0 Å². The number of anilines is 2. The molecule has 0 aliphatic carbocycles. The molecule has 0 bridgehead atoms. The van der Waals surface area contributed by atoms with Crippen LogP contribution >= 0.6 is 11.6 Å². The van der Waals surface area contributed by atoms with E-state index in [4.69, 9.17) is 11.6 Å². The molecule has 37 heavy (non-hydrogen) atoms. The molecule has 1 aliphatic rings. The second-order valence-electron chi connectivity index (χ2n) is 8.81. The van der Waals surface area contributed by atoms with Gasteiger partial charge in [0.1, 0.15) is 29.6 Å². The smallest absolute Gasteiger partial charge is 0.387 e. The summed E-state index contributed by atoms with van der Waals surface area (Å²) in [7, 11) is 3.47. The Morgan fingerprint density at radius 2 is 1.76 bits per heavy atom. The van der Waals surface area contributed by atoms with Gasteiger partial charge >= 0.3 is 6.18 Å². The van der Waals surface area contributed by atoms with E-state index in [1.807, 2.05) is 0 Å². The summed E-state index contributed by atoms with van der Waals surface area (Å²) in [5, 5.41) is 20.3. The number of rotatable bonds is 7. The predicted molar refractivity (Wildman–Crippen MR) is 124 cm³/mol. The number of pyridine rings is 1. The highest BCUT2D eigenvalue weighted by molar-refractivity contribution is 6.31. The minimum absolute atomic E-state index is 0.154. The van der Waals surface area contributed by atoms with Crippen LogP contribution in [0.2, 0.25) is 5.02 Å². The van der Waals surface area contributed by atoms with Crippen molar-refractivity contribution in [2.75, 3.05) is 37.0 Å². The van der Waals surface area contributed by atoms with Gasteiger partial charge in [-0.05, 0) is 52.2 Å². The van der Waals surface area contributed by atoms with Gasteiger partial charge in [-0.2, -0.15) is 13.2 Å². The molecule has 3 atom stereocenters. The van der Waals surface area contributed by atoms with E-state index in [2.05, 4.69) is 4.98 Å². The number of carbonyl (C=O) groups is 2. The lowest BCUT2D eigenvalue weighted by atomic mass is 10.1. The van der Waals surface area contributed by atoms with Crippen molar-refractivity contribution in [1.29, 1.82) is 0 Å². The van der Waals surface area contributed by atoms with Gasteiger partial charge in [0.05, 0.1) is 16.3 Å². The number of benzene rings is 1. The molecule has 0 radical (unpaired) electrons. The Morgan fingerprint density at radius 3 is 2.35 bits per heavy atom. The highest BCUT2D eigenvalue weighted by atomic mass is 35.5. The van der Waals surface area contributed by atoms with Gasteiger partial charge in [-0.25, -0.2) is 13.8 Å². The summed E-state index contributed by atoms with van der Waals surface area (Å²) in [5.41, 5.74) is -1.81. The average molecular weight is 551 g/mol. The van der Waals surface area contributed by atoms with E-state index in [1.165, 1.54) is 6.92 Å². The number of halogens is 6. The highest BCUT2D eigenvalue weighted by Crippen LogP contribution is 2.35. The third-order valence-electron chi connectivity index (χ3n) is 5.72. The van der Waals surface area contributed by atoms with Crippen LogP contribution in [0, 0.1) is 18.6 Å². The Balaban J connectivity index is 2.12. The first-order valence-corrected chi connectivity index (χ1v) is 11.4. The van der Waals surface area contributed by atoms with E-state index < -0.39 is 70.0 Å². The molecule has 2 heterocycles. The summed E-state index contributed by atoms with van der Waals surface area (Å²) < 4.78 is 68.8. The number of aromatic nitrogens is 1. The maximum absolute atomic E-state index is 14.8. The summed E-state index contributed by atoms with van der Waals surface area (Å²) in [6, 6.07) is 0.542. The zero-order chi connectivity index (χ0) is 27.8. The monoisotopic (exact) mass is 550 g/mol. The molecule has 14 heteroatoms. The molecular weight excluding hydrogens is 527 g/mol. The third-order valence-corrected chi connectivity index (χ3v) is 6.01. The number of carbonyl (C=O) groups excluding carboxylic acids is 2. The second kappa shape index (κ2) is 10.9. The zero-order valence-electron chi connectivity index (χ0n) is 19.9. The molecule has 2 amide bonds. The Labute approximate surface area is 213 Å². The van der Waals surface area contributed by atoms with E-state index in [-0.39, 0.29) is 18.7 Å². The van der Waals surface area contributed by atoms with Gasteiger partial charge in [0.2, 0.25) is 0 Å². The Morgan fingerprint density at radius 1 is 1.11 bits per heavy atom. The molecular formula is C23H24ClF5N4O4. The van der Waals surface area contributed by atoms with Crippen molar-refractivity contribution in [2.45, 2.75) is 37.8 Å². The largest absolute Gasteiger partial charge is 0.416 e. The Bertz CT molecular complexity index is 1200. The van der Waals surface area contributed by atoms with Crippen LogP contribution in [0.4, 0.5) is 33.5 Å². The molecule has 0 saturated carbocycles. The van der Waals surface area contributed by atoms with Crippen molar-refractivity contribution >= 4 is 34.9 Å². The third kappa shape index (κ3) is 6.00. The molecule has 1 fully saturated rings. The van der Waals surface area contributed by atoms with Crippen LogP contribution in [-0.4, -0.2) is 77.3 Å². The van der Waals surface area contributed by atoms with Gasteiger partial charge in [0, 0.05) is 18.3 Å². The van der Waals surface area contributed by atoms with E-state index in [0.717, 1.165) is 17.0 Å². The number of nitrogens with zero attached hydrogens (tertiary/aromatic N) is 4. The van der Waals surface area contributed by atoms with E-state index in [1.54, 1.807) is 19.0 Å². The van der Waals surface area contributed by atoms with Gasteiger partial charge in [0.15, 0.2) is 6.10 Å². The molecule has 1 saturated heterocycles. The van der Waals surface area contributed by atoms with Crippen LogP contribution in [0.25, 0.3) is 0 Å². The quantitative estimate of drug-likeness (QED) is 0.407.